The second-order valence-electron chi connectivity index (χ2n) is 24.7. The van der Waals surface area contributed by atoms with E-state index in [2.05, 4.69) is 0 Å². The molecule has 17 heteroatoms. The lowest BCUT2D eigenvalue weighted by Crippen LogP contribution is -2.41. The molecule has 4 aliphatic rings. The maximum absolute atomic E-state index is 10.3. The molecule has 508 valence electrons. The van der Waals surface area contributed by atoms with E-state index in [4.69, 9.17) is 44.5 Å². The molecule has 9 N–H and O–H groups in total. The molecule has 0 aliphatic heterocycles. The molecular formula is C76H110O13Si4. The summed E-state index contributed by atoms with van der Waals surface area (Å²) in [6.07, 6.45) is 16.7. The third-order valence-corrected chi connectivity index (χ3v) is 19.8. The number of phenols is 3. The summed E-state index contributed by atoms with van der Waals surface area (Å²) in [5.74, 6) is 6.22. The largest absolute Gasteiger partial charge is 0.508 e. The van der Waals surface area contributed by atoms with E-state index >= 15 is 0 Å². The molecule has 0 aromatic heterocycles. The van der Waals surface area contributed by atoms with Crippen LogP contribution in [-0.4, -0.2) is 136 Å². The van der Waals surface area contributed by atoms with Crippen LogP contribution in [0.25, 0.3) is 0 Å². The van der Waals surface area contributed by atoms with Crippen LogP contribution in [0.5, 0.6) is 40.2 Å². The Morgan fingerprint density at radius 2 is 0.634 bits per heavy atom. The average Bonchev–Trinajstić information content (AvgIpc) is 1.65. The van der Waals surface area contributed by atoms with Crippen molar-refractivity contribution in [2.24, 2.45) is 23.7 Å². The summed E-state index contributed by atoms with van der Waals surface area (Å²) < 4.78 is 23.8. The highest BCUT2D eigenvalue weighted by atomic mass is 28.2. The first-order chi connectivity index (χ1) is 45.3. The molecule has 0 radical (unpaired) electrons. The smallest absolute Gasteiger partial charge is 0.127 e. The molecule has 4 saturated carbocycles. The Labute approximate surface area is 566 Å². The van der Waals surface area contributed by atoms with Crippen LogP contribution in [0, 0.1) is 23.7 Å². The Morgan fingerprint density at radius 1 is 0.323 bits per heavy atom. The highest BCUT2D eigenvalue weighted by molar-refractivity contribution is 6.09. The Balaban J connectivity index is 0.000000201. The van der Waals surface area contributed by atoms with Gasteiger partial charge in [0.25, 0.3) is 0 Å². The Kier molecular flexibility index (Phi) is 38.3. The van der Waals surface area contributed by atoms with E-state index in [1.165, 1.54) is 117 Å². The van der Waals surface area contributed by atoms with Crippen molar-refractivity contribution in [2.45, 2.75) is 189 Å². The third kappa shape index (κ3) is 29.5. The van der Waals surface area contributed by atoms with Crippen molar-refractivity contribution in [1.82, 2.24) is 0 Å². The van der Waals surface area contributed by atoms with E-state index in [-0.39, 0.29) is 73.5 Å². The molecule has 4 fully saturated rings. The molecular weight excluding hydrogens is 1230 g/mol. The molecule has 4 aliphatic carbocycles. The SMILES string of the molecule is OC1C(CC[SiH3])CCCC1Oc1ccccc1.OC1C(CC[SiH3])CCCC1Oc1ccccc1.OC1CCCC(CC[SiH3])C1Oc1ccccc1.OC1CCCC(CC[SiH3])C1Oc1ccccc1.OCc1ccc(O)cc1.OCc1ccccc1O.Oc1ccccc1. The van der Waals surface area contributed by atoms with Gasteiger partial charge in [-0.3, -0.25) is 0 Å². The van der Waals surface area contributed by atoms with E-state index in [9.17, 15) is 20.4 Å². The van der Waals surface area contributed by atoms with Crippen molar-refractivity contribution in [3.63, 3.8) is 0 Å². The first-order valence-corrected chi connectivity index (χ1v) is 40.1. The summed E-state index contributed by atoms with van der Waals surface area (Å²) in [6.45, 7) is -0.0764. The number of benzene rings is 7. The fourth-order valence-corrected chi connectivity index (χ4v) is 15.6. The van der Waals surface area contributed by atoms with Crippen LogP contribution in [0.1, 0.15) is 114 Å². The lowest BCUT2D eigenvalue weighted by molar-refractivity contribution is -0.0320. The van der Waals surface area contributed by atoms with E-state index in [0.29, 0.717) is 35.0 Å². The number of hydrogen-bond acceptors (Lipinski definition) is 13. The third-order valence-electron chi connectivity index (χ3n) is 17.5. The molecule has 0 saturated heterocycles. The van der Waals surface area contributed by atoms with Gasteiger partial charge < -0.3 is 64.9 Å². The van der Waals surface area contributed by atoms with Gasteiger partial charge in [-0.1, -0.05) is 171 Å². The molecule has 12 unspecified atom stereocenters. The maximum Gasteiger partial charge on any atom is 0.127 e. The minimum Gasteiger partial charge on any atom is -0.508 e. The van der Waals surface area contributed by atoms with Gasteiger partial charge in [0, 0.05) is 46.5 Å². The number of phenolic OH excluding ortho intramolecular Hbond substituents is 2. The van der Waals surface area contributed by atoms with Crippen molar-refractivity contribution in [2.75, 3.05) is 0 Å². The molecule has 0 heterocycles. The van der Waals surface area contributed by atoms with E-state index in [1.807, 2.05) is 127 Å². The molecule has 12 atom stereocenters. The molecule has 93 heavy (non-hydrogen) atoms. The Hall–Kier alpha value is -6.23. The van der Waals surface area contributed by atoms with Gasteiger partial charge in [0.2, 0.25) is 0 Å². The molecule has 11 rings (SSSR count). The standard InChI is InChI=1S/4C14H22O2Si.2C7H8O2.C6H6O/c2*15-14-11(9-10-17)5-4-8-13(14)16-12-6-2-1-3-7-12;2*15-13-8-4-5-11(9-10-17)14(13)16-12-6-2-1-3-7-12;8-5-6-1-3-7(9)4-2-6;8-5-6-3-1-2-4-7(6)9;7-6-4-2-1-3-5-6/h4*1-3,6-7,11,13-15H,4-5,8-10H2,17H3;2*1-4,8-9H,5H2;1-5,7H. The van der Waals surface area contributed by atoms with Gasteiger partial charge in [-0.15, -0.1) is 0 Å². The summed E-state index contributed by atoms with van der Waals surface area (Å²) in [5, 5.41) is 84.3. The van der Waals surface area contributed by atoms with E-state index < -0.39 is 0 Å². The average molecular weight is 1340 g/mol. The molecule has 7 aromatic rings. The minimum absolute atomic E-state index is 0.0000926. The zero-order valence-corrected chi connectivity index (χ0v) is 63.7. The quantitative estimate of drug-likeness (QED) is 0.0366. The lowest BCUT2D eigenvalue weighted by atomic mass is 9.82. The van der Waals surface area contributed by atoms with Gasteiger partial charge in [-0.25, -0.2) is 0 Å². The minimum atomic E-state index is -0.290. The van der Waals surface area contributed by atoms with Crippen molar-refractivity contribution in [1.29, 1.82) is 0 Å². The summed E-state index contributed by atoms with van der Waals surface area (Å²) in [6, 6.07) is 66.5. The molecule has 13 nitrogen and oxygen atoms in total. The summed E-state index contributed by atoms with van der Waals surface area (Å²) in [5.41, 5.74) is 1.38. The van der Waals surface area contributed by atoms with E-state index in [1.54, 1.807) is 72.8 Å². The number of para-hydroxylation sites is 6. The zero-order chi connectivity index (χ0) is 66.8. The van der Waals surface area contributed by atoms with Crippen LogP contribution in [0.4, 0.5) is 0 Å². The fourth-order valence-electron chi connectivity index (χ4n) is 12.6. The highest BCUT2D eigenvalue weighted by Gasteiger charge is 2.36. The van der Waals surface area contributed by atoms with Crippen LogP contribution in [0.2, 0.25) is 24.2 Å². The zero-order valence-electron chi connectivity index (χ0n) is 55.7. The van der Waals surface area contributed by atoms with Gasteiger partial charge in [-0.2, -0.15) is 0 Å². The van der Waals surface area contributed by atoms with Crippen LogP contribution in [-0.2, 0) is 13.2 Å². The number of ether oxygens (including phenoxy) is 4. The fraction of sp³-hybridized carbons (Fsp3) is 0.447. The first-order valence-electron chi connectivity index (χ1n) is 34.4. The number of hydrogen-bond donors (Lipinski definition) is 9. The number of aromatic hydroxyl groups is 3. The monoisotopic (exact) mass is 1340 g/mol. The second kappa shape index (κ2) is 46.0. The number of rotatable bonds is 18. The van der Waals surface area contributed by atoms with Crippen molar-refractivity contribution in [3.05, 3.63) is 211 Å². The van der Waals surface area contributed by atoms with Gasteiger partial charge in [-0.05, 0) is 185 Å². The van der Waals surface area contributed by atoms with Gasteiger partial charge in [0.15, 0.2) is 0 Å². The predicted octanol–water partition coefficient (Wildman–Crippen LogP) is 10.2. The van der Waals surface area contributed by atoms with Crippen LogP contribution >= 0.6 is 0 Å². The summed E-state index contributed by atoms with van der Waals surface area (Å²) >= 11 is 0. The number of aliphatic hydroxyl groups is 6. The van der Waals surface area contributed by atoms with E-state index in [0.717, 1.165) is 79.9 Å². The Morgan fingerprint density at radius 3 is 0.957 bits per heavy atom. The van der Waals surface area contributed by atoms with Crippen LogP contribution in [0.3, 0.4) is 0 Å². The van der Waals surface area contributed by atoms with Crippen LogP contribution < -0.4 is 18.9 Å². The molecule has 0 spiro atoms. The van der Waals surface area contributed by atoms with Crippen molar-refractivity contribution >= 4 is 41.0 Å². The lowest BCUT2D eigenvalue weighted by Gasteiger charge is -2.35. The van der Waals surface area contributed by atoms with Crippen molar-refractivity contribution in [3.8, 4) is 40.2 Å². The van der Waals surface area contributed by atoms with Crippen molar-refractivity contribution < 1.29 is 64.9 Å². The van der Waals surface area contributed by atoms with Gasteiger partial charge >= 0.3 is 0 Å². The summed E-state index contributed by atoms with van der Waals surface area (Å²) in [7, 11) is 4.95. The maximum atomic E-state index is 10.3. The topological polar surface area (TPSA) is 219 Å². The Bertz CT molecular complexity index is 2790. The normalized spacial score (nSPS) is 23.8. The van der Waals surface area contributed by atoms with Crippen LogP contribution in [0.15, 0.2) is 200 Å². The highest BCUT2D eigenvalue weighted by Crippen LogP contribution is 2.35. The first kappa shape index (κ1) is 77.5. The van der Waals surface area contributed by atoms with Gasteiger partial charge in [0.05, 0.1) is 37.6 Å². The molecule has 0 amide bonds. The number of aliphatic hydroxyl groups excluding tert-OH is 6. The van der Waals surface area contributed by atoms with Gasteiger partial charge in [0.1, 0.15) is 64.7 Å². The predicted molar refractivity (Wildman–Crippen MR) is 390 cm³/mol. The second-order valence-corrected chi connectivity index (χ2v) is 28.7. The summed E-state index contributed by atoms with van der Waals surface area (Å²) in [4.78, 5) is 0. The molecule has 7 aromatic carbocycles. The molecule has 0 bridgehead atoms.